The van der Waals surface area contributed by atoms with Crippen LogP contribution >= 0.6 is 0 Å². The monoisotopic (exact) mass is 309 g/mol. The van der Waals surface area contributed by atoms with E-state index in [0.29, 0.717) is 0 Å². The lowest BCUT2D eigenvalue weighted by atomic mass is 10.0. The van der Waals surface area contributed by atoms with E-state index in [1.54, 1.807) is 0 Å². The number of ether oxygens (including phenoxy) is 1. The molecule has 1 aliphatic rings. The standard InChI is InChI=1S/C9H9F6NO4/c10-8(11,12)5(9(13,14)15)6(17)16-4-2-20-1-3(4)7(18)19/h3-5H,1-2H2,(H,16,17)(H,18,19). The molecule has 5 nitrogen and oxygen atoms in total. The highest BCUT2D eigenvalue weighted by Gasteiger charge is 2.61. The number of carbonyl (C=O) groups is 2. The Morgan fingerprint density at radius 2 is 1.60 bits per heavy atom. The molecule has 0 bridgehead atoms. The quantitative estimate of drug-likeness (QED) is 0.761. The average Bonchev–Trinajstić information content (AvgIpc) is 2.60. The molecule has 2 atom stereocenters. The van der Waals surface area contributed by atoms with Crippen LogP contribution in [0.15, 0.2) is 0 Å². The highest BCUT2D eigenvalue weighted by molar-refractivity contribution is 5.81. The molecule has 1 rings (SSSR count). The summed E-state index contributed by atoms with van der Waals surface area (Å²) < 4.78 is 78.2. The molecule has 0 aromatic rings. The summed E-state index contributed by atoms with van der Waals surface area (Å²) in [7, 11) is 0. The van der Waals surface area contributed by atoms with E-state index in [-0.39, 0.29) is 0 Å². The largest absolute Gasteiger partial charge is 0.481 e. The van der Waals surface area contributed by atoms with Crippen LogP contribution in [0, 0.1) is 11.8 Å². The minimum Gasteiger partial charge on any atom is -0.481 e. The summed E-state index contributed by atoms with van der Waals surface area (Å²) in [6.07, 6.45) is -11.6. The minimum atomic E-state index is -5.82. The Balaban J connectivity index is 2.85. The van der Waals surface area contributed by atoms with Crippen molar-refractivity contribution in [2.75, 3.05) is 13.2 Å². The molecule has 1 saturated heterocycles. The number of carboxylic acid groups (broad SMARTS) is 1. The van der Waals surface area contributed by atoms with Crippen molar-refractivity contribution >= 4 is 11.9 Å². The van der Waals surface area contributed by atoms with Crippen molar-refractivity contribution in [3.8, 4) is 0 Å². The van der Waals surface area contributed by atoms with Crippen LogP contribution in [0.2, 0.25) is 0 Å². The molecular formula is C9H9F6NO4. The molecule has 2 unspecified atom stereocenters. The normalized spacial score (nSPS) is 23.9. The summed E-state index contributed by atoms with van der Waals surface area (Å²) in [6, 6.07) is -1.44. The second kappa shape index (κ2) is 5.46. The van der Waals surface area contributed by atoms with Crippen molar-refractivity contribution < 1.29 is 45.8 Å². The number of halogens is 6. The number of hydrogen-bond donors (Lipinski definition) is 2. The Kier molecular flexibility index (Phi) is 4.52. The Morgan fingerprint density at radius 1 is 1.10 bits per heavy atom. The van der Waals surface area contributed by atoms with Gasteiger partial charge < -0.3 is 15.2 Å². The van der Waals surface area contributed by atoms with Crippen LogP contribution in [0.1, 0.15) is 0 Å². The molecule has 0 spiro atoms. The topological polar surface area (TPSA) is 75.6 Å². The molecule has 0 radical (unpaired) electrons. The Bertz CT molecular complexity index is 379. The van der Waals surface area contributed by atoms with E-state index in [1.165, 1.54) is 5.32 Å². The van der Waals surface area contributed by atoms with Gasteiger partial charge in [-0.1, -0.05) is 0 Å². The summed E-state index contributed by atoms with van der Waals surface area (Å²) in [5.41, 5.74) is 0. The fourth-order valence-electron chi connectivity index (χ4n) is 1.69. The number of carbonyl (C=O) groups excluding carboxylic acids is 1. The van der Waals surface area contributed by atoms with Crippen LogP contribution in [0.3, 0.4) is 0 Å². The lowest BCUT2D eigenvalue weighted by Gasteiger charge is -2.24. The van der Waals surface area contributed by atoms with Crippen molar-refractivity contribution in [1.82, 2.24) is 5.32 Å². The molecular weight excluding hydrogens is 300 g/mol. The van der Waals surface area contributed by atoms with Gasteiger partial charge in [0.15, 0.2) is 0 Å². The van der Waals surface area contributed by atoms with Crippen LogP contribution in [0.4, 0.5) is 26.3 Å². The molecule has 20 heavy (non-hydrogen) atoms. The maximum absolute atomic E-state index is 12.3. The highest BCUT2D eigenvalue weighted by Crippen LogP contribution is 2.39. The van der Waals surface area contributed by atoms with E-state index in [2.05, 4.69) is 4.74 Å². The zero-order chi connectivity index (χ0) is 15.7. The molecule has 1 amide bonds. The molecule has 0 saturated carbocycles. The maximum Gasteiger partial charge on any atom is 0.409 e. The first-order chi connectivity index (χ1) is 8.94. The van der Waals surface area contributed by atoms with Gasteiger partial charge in [0, 0.05) is 0 Å². The van der Waals surface area contributed by atoms with E-state index in [0.717, 1.165) is 0 Å². The van der Waals surface area contributed by atoms with Crippen LogP contribution in [-0.2, 0) is 14.3 Å². The smallest absolute Gasteiger partial charge is 0.409 e. The molecule has 11 heteroatoms. The summed E-state index contributed by atoms with van der Waals surface area (Å²) in [4.78, 5) is 21.8. The average molecular weight is 309 g/mol. The number of aliphatic carboxylic acids is 1. The van der Waals surface area contributed by atoms with Crippen LogP contribution in [-0.4, -0.2) is 48.6 Å². The molecule has 1 aliphatic heterocycles. The van der Waals surface area contributed by atoms with E-state index in [1.807, 2.05) is 0 Å². The summed E-state index contributed by atoms with van der Waals surface area (Å²) >= 11 is 0. The van der Waals surface area contributed by atoms with Gasteiger partial charge >= 0.3 is 18.3 Å². The van der Waals surface area contributed by atoms with Gasteiger partial charge in [-0.2, -0.15) is 26.3 Å². The van der Waals surface area contributed by atoms with Crippen molar-refractivity contribution in [2.45, 2.75) is 18.4 Å². The zero-order valence-electron chi connectivity index (χ0n) is 9.59. The van der Waals surface area contributed by atoms with E-state index in [9.17, 15) is 35.9 Å². The first-order valence-corrected chi connectivity index (χ1v) is 5.19. The first-order valence-electron chi connectivity index (χ1n) is 5.19. The maximum atomic E-state index is 12.3. The van der Waals surface area contributed by atoms with Crippen LogP contribution in [0.25, 0.3) is 0 Å². The predicted octanol–water partition coefficient (Wildman–Crippen LogP) is 0.943. The van der Waals surface area contributed by atoms with Gasteiger partial charge in [0.05, 0.1) is 19.3 Å². The SMILES string of the molecule is O=C(O)C1COCC1NC(=O)C(C(F)(F)F)C(F)(F)F. The third kappa shape index (κ3) is 3.74. The Labute approximate surface area is 107 Å². The number of nitrogens with one attached hydrogen (secondary N) is 1. The Hall–Kier alpha value is -1.52. The highest BCUT2D eigenvalue weighted by atomic mass is 19.4. The second-order valence-corrected chi connectivity index (χ2v) is 4.11. The fourth-order valence-corrected chi connectivity index (χ4v) is 1.69. The Morgan fingerprint density at radius 3 is 2.00 bits per heavy atom. The van der Waals surface area contributed by atoms with Crippen LogP contribution < -0.4 is 5.32 Å². The molecule has 0 aromatic carbocycles. The number of hydrogen-bond acceptors (Lipinski definition) is 3. The lowest BCUT2D eigenvalue weighted by molar-refractivity contribution is -0.274. The van der Waals surface area contributed by atoms with Crippen molar-refractivity contribution in [3.05, 3.63) is 0 Å². The van der Waals surface area contributed by atoms with E-state index in [4.69, 9.17) is 5.11 Å². The summed E-state index contributed by atoms with van der Waals surface area (Å²) in [5.74, 6) is -9.42. The van der Waals surface area contributed by atoms with Crippen molar-refractivity contribution in [1.29, 1.82) is 0 Å². The first kappa shape index (κ1) is 16.5. The van der Waals surface area contributed by atoms with Crippen molar-refractivity contribution in [2.24, 2.45) is 11.8 Å². The van der Waals surface area contributed by atoms with Gasteiger partial charge in [0.2, 0.25) is 11.8 Å². The number of carboxylic acids is 1. The lowest BCUT2D eigenvalue weighted by Crippen LogP contribution is -2.52. The van der Waals surface area contributed by atoms with Crippen LogP contribution in [0.5, 0.6) is 0 Å². The van der Waals surface area contributed by atoms with Gasteiger partial charge in [-0.15, -0.1) is 0 Å². The molecule has 116 valence electrons. The molecule has 0 aliphatic carbocycles. The van der Waals surface area contributed by atoms with E-state index >= 15 is 0 Å². The number of rotatable bonds is 3. The van der Waals surface area contributed by atoms with Gasteiger partial charge in [-0.05, 0) is 0 Å². The van der Waals surface area contributed by atoms with Gasteiger partial charge in [-0.3, -0.25) is 9.59 Å². The number of amides is 1. The van der Waals surface area contributed by atoms with Gasteiger partial charge in [0.25, 0.3) is 0 Å². The fraction of sp³-hybridized carbons (Fsp3) is 0.778. The van der Waals surface area contributed by atoms with E-state index < -0.39 is 55.3 Å². The third-order valence-corrected chi connectivity index (χ3v) is 2.64. The molecule has 1 fully saturated rings. The second-order valence-electron chi connectivity index (χ2n) is 4.11. The van der Waals surface area contributed by atoms with Gasteiger partial charge in [-0.25, -0.2) is 0 Å². The number of alkyl halides is 6. The van der Waals surface area contributed by atoms with Gasteiger partial charge in [0.1, 0.15) is 5.92 Å². The molecule has 0 aromatic heterocycles. The summed E-state index contributed by atoms with van der Waals surface area (Å²) in [6.45, 7) is -0.867. The molecule has 1 heterocycles. The minimum absolute atomic E-state index is 0.400. The zero-order valence-corrected chi connectivity index (χ0v) is 9.59. The predicted molar refractivity (Wildman–Crippen MR) is 49.5 cm³/mol. The third-order valence-electron chi connectivity index (χ3n) is 2.64. The summed E-state index contributed by atoms with van der Waals surface area (Å²) in [5, 5.41) is 10.1. The molecule has 2 N–H and O–H groups in total. The van der Waals surface area contributed by atoms with Crippen molar-refractivity contribution in [3.63, 3.8) is 0 Å².